The molecule has 0 aromatic heterocycles. The van der Waals surface area contributed by atoms with Gasteiger partial charge >= 0.3 is 0 Å². The predicted molar refractivity (Wildman–Crippen MR) is 59.4 cm³/mol. The minimum atomic E-state index is -1.67. The highest BCUT2D eigenvalue weighted by atomic mass is 28.4. The maximum Gasteiger partial charge on any atom is 0.192 e. The summed E-state index contributed by atoms with van der Waals surface area (Å²) in [4.78, 5) is 0. The Hall–Kier alpha value is 0.137. The Balaban J connectivity index is 4.41. The van der Waals surface area contributed by atoms with Gasteiger partial charge in [0.1, 0.15) is 0 Å². The van der Waals surface area contributed by atoms with E-state index in [1.165, 1.54) is 0 Å². The van der Waals surface area contributed by atoms with E-state index in [-0.39, 0.29) is 11.6 Å². The second kappa shape index (κ2) is 4.58. The van der Waals surface area contributed by atoms with E-state index in [1.54, 1.807) is 0 Å². The molecule has 0 fully saturated rings. The molecule has 0 radical (unpaired) electrons. The van der Waals surface area contributed by atoms with Crippen LogP contribution in [0.1, 0.15) is 27.7 Å². The Morgan fingerprint density at radius 3 is 2.08 bits per heavy atom. The van der Waals surface area contributed by atoms with Crippen LogP contribution in [0.15, 0.2) is 0 Å². The van der Waals surface area contributed by atoms with Gasteiger partial charge in [0, 0.05) is 0 Å². The molecule has 2 nitrogen and oxygen atoms in total. The van der Waals surface area contributed by atoms with Crippen LogP contribution in [-0.4, -0.2) is 26.6 Å². The van der Waals surface area contributed by atoms with Crippen molar-refractivity contribution in [2.24, 2.45) is 5.92 Å². The third-order valence-corrected chi connectivity index (χ3v) is 8.16. The SMILES string of the molecule is CC(C)C(C)(C)[Si](C)(C)OCCO. The molecule has 0 amide bonds. The van der Waals surface area contributed by atoms with Crippen molar-refractivity contribution in [2.75, 3.05) is 13.2 Å². The zero-order valence-electron chi connectivity index (χ0n) is 9.85. The number of aliphatic hydroxyl groups is 1. The van der Waals surface area contributed by atoms with Crippen LogP contribution in [-0.2, 0) is 4.43 Å². The smallest absolute Gasteiger partial charge is 0.192 e. The normalized spacial score (nSPS) is 13.8. The fraction of sp³-hybridized carbons (Fsp3) is 1.00. The molecule has 0 bridgehead atoms. The Bertz CT molecular complexity index is 153. The van der Waals surface area contributed by atoms with E-state index in [2.05, 4.69) is 40.8 Å². The molecule has 0 aliphatic heterocycles. The molecule has 0 saturated carbocycles. The van der Waals surface area contributed by atoms with E-state index in [4.69, 9.17) is 9.53 Å². The summed E-state index contributed by atoms with van der Waals surface area (Å²) in [5.74, 6) is 0.618. The van der Waals surface area contributed by atoms with Crippen molar-refractivity contribution in [3.8, 4) is 0 Å². The highest BCUT2D eigenvalue weighted by molar-refractivity contribution is 6.74. The van der Waals surface area contributed by atoms with Crippen molar-refractivity contribution < 1.29 is 9.53 Å². The van der Waals surface area contributed by atoms with Gasteiger partial charge in [-0.3, -0.25) is 0 Å². The van der Waals surface area contributed by atoms with Gasteiger partial charge in [0.2, 0.25) is 0 Å². The molecule has 80 valence electrons. The maximum atomic E-state index is 8.73. The van der Waals surface area contributed by atoms with E-state index < -0.39 is 8.32 Å². The number of aliphatic hydroxyl groups excluding tert-OH is 1. The van der Waals surface area contributed by atoms with Crippen LogP contribution in [0, 0.1) is 5.92 Å². The summed E-state index contributed by atoms with van der Waals surface area (Å²) in [6.45, 7) is 14.1. The molecule has 0 aromatic rings. The van der Waals surface area contributed by atoms with Gasteiger partial charge in [-0.25, -0.2) is 0 Å². The van der Waals surface area contributed by atoms with Gasteiger partial charge < -0.3 is 9.53 Å². The highest BCUT2D eigenvalue weighted by Gasteiger charge is 2.42. The first-order chi connectivity index (χ1) is 5.75. The van der Waals surface area contributed by atoms with E-state index in [0.717, 1.165) is 0 Å². The minimum absolute atomic E-state index is 0.130. The molecule has 0 spiro atoms. The Labute approximate surface area is 83.4 Å². The molecule has 0 aromatic carbocycles. The van der Waals surface area contributed by atoms with Gasteiger partial charge in [-0.15, -0.1) is 0 Å². The fourth-order valence-corrected chi connectivity index (χ4v) is 3.55. The zero-order valence-corrected chi connectivity index (χ0v) is 10.8. The Kier molecular flexibility index (Phi) is 4.62. The van der Waals surface area contributed by atoms with E-state index >= 15 is 0 Å². The topological polar surface area (TPSA) is 29.5 Å². The predicted octanol–water partition coefficient (Wildman–Crippen LogP) is 2.64. The standard InChI is InChI=1S/C10H24O2Si/c1-9(2)10(3,4)13(5,6)12-8-7-11/h9,11H,7-8H2,1-6H3. The molecular weight excluding hydrogens is 180 g/mol. The van der Waals surface area contributed by atoms with Crippen LogP contribution in [0.4, 0.5) is 0 Å². The lowest BCUT2D eigenvalue weighted by molar-refractivity contribution is 0.183. The summed E-state index contributed by atoms with van der Waals surface area (Å²) >= 11 is 0. The summed E-state index contributed by atoms with van der Waals surface area (Å²) in [5, 5.41) is 8.98. The van der Waals surface area contributed by atoms with Crippen molar-refractivity contribution in [3.63, 3.8) is 0 Å². The maximum absolute atomic E-state index is 8.73. The summed E-state index contributed by atoms with van der Waals surface area (Å²) in [5.41, 5.74) is 0. The molecular formula is C10H24O2Si. The van der Waals surface area contributed by atoms with Gasteiger partial charge in [0.25, 0.3) is 0 Å². The van der Waals surface area contributed by atoms with Crippen LogP contribution < -0.4 is 0 Å². The van der Waals surface area contributed by atoms with Crippen molar-refractivity contribution in [2.45, 2.75) is 45.8 Å². The van der Waals surface area contributed by atoms with E-state index in [0.29, 0.717) is 12.5 Å². The molecule has 0 atom stereocenters. The minimum Gasteiger partial charge on any atom is -0.414 e. The Morgan fingerprint density at radius 2 is 1.77 bits per heavy atom. The van der Waals surface area contributed by atoms with Crippen LogP contribution in [0.5, 0.6) is 0 Å². The lowest BCUT2D eigenvalue weighted by Crippen LogP contribution is -2.45. The molecule has 0 aliphatic rings. The first kappa shape index (κ1) is 13.1. The third kappa shape index (κ3) is 3.08. The molecule has 0 unspecified atom stereocenters. The molecule has 0 rings (SSSR count). The van der Waals surface area contributed by atoms with Crippen LogP contribution in [0.3, 0.4) is 0 Å². The number of hydrogen-bond acceptors (Lipinski definition) is 2. The van der Waals surface area contributed by atoms with Gasteiger partial charge in [-0.2, -0.15) is 0 Å². The molecule has 3 heteroatoms. The van der Waals surface area contributed by atoms with Gasteiger partial charge in [-0.1, -0.05) is 27.7 Å². The zero-order chi connectivity index (χ0) is 10.7. The van der Waals surface area contributed by atoms with Gasteiger partial charge in [-0.05, 0) is 24.1 Å². The van der Waals surface area contributed by atoms with Crippen molar-refractivity contribution >= 4 is 8.32 Å². The van der Waals surface area contributed by atoms with Gasteiger partial charge in [0.15, 0.2) is 8.32 Å². The molecule has 0 saturated heterocycles. The first-order valence-electron chi connectivity index (χ1n) is 5.00. The van der Waals surface area contributed by atoms with Crippen LogP contribution in [0.2, 0.25) is 18.1 Å². The molecule has 1 N–H and O–H groups in total. The first-order valence-corrected chi connectivity index (χ1v) is 7.91. The summed E-state index contributed by atoms with van der Waals surface area (Å²) in [6, 6.07) is 0. The third-order valence-electron chi connectivity index (χ3n) is 3.55. The molecule has 13 heavy (non-hydrogen) atoms. The van der Waals surface area contributed by atoms with Crippen molar-refractivity contribution in [1.82, 2.24) is 0 Å². The molecule has 0 heterocycles. The largest absolute Gasteiger partial charge is 0.414 e. The second-order valence-electron chi connectivity index (χ2n) is 4.96. The van der Waals surface area contributed by atoms with Crippen molar-refractivity contribution in [1.29, 1.82) is 0 Å². The highest BCUT2D eigenvalue weighted by Crippen LogP contribution is 2.44. The van der Waals surface area contributed by atoms with E-state index in [1.807, 2.05) is 0 Å². The Morgan fingerprint density at radius 1 is 1.31 bits per heavy atom. The fourth-order valence-electron chi connectivity index (χ4n) is 1.18. The quantitative estimate of drug-likeness (QED) is 0.698. The van der Waals surface area contributed by atoms with Crippen molar-refractivity contribution in [3.05, 3.63) is 0 Å². The lowest BCUT2D eigenvalue weighted by Gasteiger charge is -2.42. The molecule has 0 aliphatic carbocycles. The number of hydrogen-bond donors (Lipinski definition) is 1. The number of rotatable bonds is 5. The van der Waals surface area contributed by atoms with Crippen LogP contribution in [0.25, 0.3) is 0 Å². The van der Waals surface area contributed by atoms with E-state index in [9.17, 15) is 0 Å². The monoisotopic (exact) mass is 204 g/mol. The summed E-state index contributed by atoms with van der Waals surface area (Å²) in [6.07, 6.45) is 0. The summed E-state index contributed by atoms with van der Waals surface area (Å²) in [7, 11) is -1.67. The van der Waals surface area contributed by atoms with Crippen LogP contribution >= 0.6 is 0 Å². The lowest BCUT2D eigenvalue weighted by atomic mass is 9.99. The average molecular weight is 204 g/mol. The second-order valence-corrected chi connectivity index (χ2v) is 9.56. The van der Waals surface area contributed by atoms with Gasteiger partial charge in [0.05, 0.1) is 13.2 Å². The average Bonchev–Trinajstić information content (AvgIpc) is 2.00. The summed E-state index contributed by atoms with van der Waals surface area (Å²) < 4.78 is 5.79.